The van der Waals surface area contributed by atoms with E-state index in [9.17, 15) is 12.6 Å². The van der Waals surface area contributed by atoms with E-state index in [2.05, 4.69) is 18.7 Å². The molecule has 0 radical (unpaired) electrons. The highest BCUT2D eigenvalue weighted by Gasteiger charge is 2.52. The molecule has 0 amide bonds. The van der Waals surface area contributed by atoms with Crippen LogP contribution in [-0.4, -0.2) is 78.8 Å². The van der Waals surface area contributed by atoms with E-state index in [4.69, 9.17) is 18.9 Å². The molecular weight excluding hydrogens is 576 g/mol. The molecule has 2 aromatic rings. The number of rotatable bonds is 8. The summed E-state index contributed by atoms with van der Waals surface area (Å²) in [5.41, 5.74) is 0.957. The third kappa shape index (κ3) is 5.76. The first-order chi connectivity index (χ1) is 20.2. The third-order valence-corrected chi connectivity index (χ3v) is 12.7. The molecule has 0 N–H and O–H groups in total. The molecule has 6 rings (SSSR count). The lowest BCUT2D eigenvalue weighted by Gasteiger charge is -2.45. The van der Waals surface area contributed by atoms with Gasteiger partial charge in [-0.1, -0.05) is 19.1 Å². The second kappa shape index (κ2) is 12.2. The van der Waals surface area contributed by atoms with Crippen LogP contribution in [0.4, 0.5) is 0 Å². The minimum absolute atomic E-state index is 0.0418. The number of hydrogen-bond donors (Lipinski definition) is 0. The highest BCUT2D eigenvalue weighted by atomic mass is 32.2. The predicted molar refractivity (Wildman–Crippen MR) is 159 cm³/mol. The van der Waals surface area contributed by atoms with Crippen LogP contribution in [0.3, 0.4) is 0 Å². The molecule has 0 aromatic heterocycles. The molecule has 230 valence electrons. The summed E-state index contributed by atoms with van der Waals surface area (Å²) in [7, 11) is -4.50. The van der Waals surface area contributed by atoms with Crippen LogP contribution in [0.5, 0.6) is 11.5 Å². The van der Waals surface area contributed by atoms with Gasteiger partial charge in [0.15, 0.2) is 17.3 Å². The number of hydrogen-bond acceptors (Lipinski definition) is 8. The van der Waals surface area contributed by atoms with Gasteiger partial charge in [-0.15, -0.1) is 0 Å². The van der Waals surface area contributed by atoms with Crippen LogP contribution in [0.15, 0.2) is 52.3 Å². The zero-order valence-electron chi connectivity index (χ0n) is 24.7. The molecule has 0 saturated carbocycles. The highest BCUT2D eigenvalue weighted by molar-refractivity contribution is 7.89. The van der Waals surface area contributed by atoms with Gasteiger partial charge in [-0.05, 0) is 83.3 Å². The molecule has 4 aliphatic rings. The minimum Gasteiger partial charge on any atom is -0.454 e. The van der Waals surface area contributed by atoms with E-state index >= 15 is 0 Å². The van der Waals surface area contributed by atoms with Gasteiger partial charge in [0.2, 0.25) is 16.8 Å². The van der Waals surface area contributed by atoms with Crippen molar-refractivity contribution in [2.45, 2.75) is 86.7 Å². The van der Waals surface area contributed by atoms with Gasteiger partial charge in [0.05, 0.1) is 28.8 Å². The van der Waals surface area contributed by atoms with Gasteiger partial charge in [0, 0.05) is 46.5 Å². The highest BCUT2D eigenvalue weighted by Crippen LogP contribution is 2.48. The third-order valence-electron chi connectivity index (χ3n) is 9.27. The Morgan fingerprint density at radius 2 is 1.48 bits per heavy atom. The second-order valence-electron chi connectivity index (χ2n) is 11.9. The molecular formula is C31H42N2O7S2. The van der Waals surface area contributed by atoms with Crippen molar-refractivity contribution in [1.82, 2.24) is 9.21 Å². The molecule has 2 aromatic carbocycles. The number of likely N-dealkylation sites (tertiary alicyclic amines) is 1. The molecule has 4 aliphatic heterocycles. The molecule has 0 aliphatic carbocycles. The van der Waals surface area contributed by atoms with E-state index in [1.54, 1.807) is 16.4 Å². The van der Waals surface area contributed by atoms with Crippen LogP contribution in [0, 0.1) is 5.92 Å². The largest absolute Gasteiger partial charge is 0.454 e. The predicted octanol–water partition coefficient (Wildman–Crippen LogP) is 4.47. The monoisotopic (exact) mass is 618 g/mol. The van der Waals surface area contributed by atoms with Crippen LogP contribution < -0.4 is 9.47 Å². The standard InChI is InChI=1S/C31H42N2O7S2/c1-4-19-42(35,36)33-17-13-26(14-18-33)32-15-11-25(12-16-32)31(39-22(2)23(3)40-31)24-5-7-27(8-6-24)41(34)28-9-10-29-30(20-28)38-21-37-29/h5-10,20,22-23,25-26H,4,11-19,21H2,1-3H3/t22-,23-,41?/m1/s1. The van der Waals surface area contributed by atoms with Crippen LogP contribution in [0.25, 0.3) is 0 Å². The number of benzene rings is 2. The summed E-state index contributed by atoms with van der Waals surface area (Å²) < 4.78 is 64.2. The first-order valence-corrected chi connectivity index (χ1v) is 18.0. The number of ether oxygens (including phenoxy) is 4. The second-order valence-corrected chi connectivity index (χ2v) is 15.4. The van der Waals surface area contributed by atoms with Crippen molar-refractivity contribution in [2.24, 2.45) is 5.92 Å². The molecule has 3 fully saturated rings. The van der Waals surface area contributed by atoms with Crippen molar-refractivity contribution in [3.05, 3.63) is 48.0 Å². The van der Waals surface area contributed by atoms with Gasteiger partial charge in [-0.25, -0.2) is 16.9 Å². The fourth-order valence-corrected chi connectivity index (χ4v) is 9.39. The van der Waals surface area contributed by atoms with Crippen molar-refractivity contribution in [3.8, 4) is 11.5 Å². The summed E-state index contributed by atoms with van der Waals surface area (Å²) in [4.78, 5) is 3.90. The summed E-state index contributed by atoms with van der Waals surface area (Å²) in [6.45, 7) is 9.30. The molecule has 3 saturated heterocycles. The Morgan fingerprint density at radius 1 is 0.857 bits per heavy atom. The zero-order valence-corrected chi connectivity index (χ0v) is 26.3. The lowest BCUT2D eigenvalue weighted by Crippen LogP contribution is -2.51. The summed E-state index contributed by atoms with van der Waals surface area (Å²) in [5, 5.41) is 0. The van der Waals surface area contributed by atoms with E-state index in [1.807, 2.05) is 37.3 Å². The van der Waals surface area contributed by atoms with Crippen molar-refractivity contribution < 1.29 is 31.6 Å². The van der Waals surface area contributed by atoms with Crippen LogP contribution in [0.2, 0.25) is 0 Å². The Morgan fingerprint density at radius 3 is 2.12 bits per heavy atom. The SMILES string of the molecule is CCCS(=O)(=O)N1CCC(N2CCC(C3(c4ccc(S(=O)c5ccc6c(c5)OCO6)cc4)O[C@H](C)[C@@H](C)O3)CC2)CC1. The quantitative estimate of drug-likeness (QED) is 0.428. The number of fused-ring (bicyclic) bond motifs is 1. The van der Waals surface area contributed by atoms with Crippen molar-refractivity contribution in [3.63, 3.8) is 0 Å². The van der Waals surface area contributed by atoms with Gasteiger partial charge in [-0.3, -0.25) is 0 Å². The van der Waals surface area contributed by atoms with E-state index in [1.165, 1.54) is 0 Å². The van der Waals surface area contributed by atoms with Gasteiger partial charge < -0.3 is 23.8 Å². The van der Waals surface area contributed by atoms with E-state index in [0.29, 0.717) is 46.8 Å². The van der Waals surface area contributed by atoms with E-state index in [0.717, 1.165) is 44.3 Å². The van der Waals surface area contributed by atoms with Crippen molar-refractivity contribution in [1.29, 1.82) is 0 Å². The van der Waals surface area contributed by atoms with Gasteiger partial charge in [0.1, 0.15) is 0 Å². The maximum absolute atomic E-state index is 13.4. The van der Waals surface area contributed by atoms with E-state index < -0.39 is 26.6 Å². The lowest BCUT2D eigenvalue weighted by molar-refractivity contribution is -0.228. The molecule has 4 heterocycles. The summed E-state index contributed by atoms with van der Waals surface area (Å²) in [6, 6.07) is 13.6. The zero-order chi connectivity index (χ0) is 29.5. The lowest BCUT2D eigenvalue weighted by atomic mass is 9.83. The average molecular weight is 619 g/mol. The Bertz CT molecular complexity index is 1370. The van der Waals surface area contributed by atoms with Crippen LogP contribution >= 0.6 is 0 Å². The van der Waals surface area contributed by atoms with Gasteiger partial charge in [-0.2, -0.15) is 0 Å². The summed E-state index contributed by atoms with van der Waals surface area (Å²) in [5.74, 6) is 0.851. The molecule has 0 bridgehead atoms. The Balaban J connectivity index is 1.13. The normalized spacial score (nSPS) is 26.5. The van der Waals surface area contributed by atoms with Crippen LogP contribution in [0.1, 0.15) is 58.4 Å². The fourth-order valence-electron chi connectivity index (χ4n) is 6.79. The number of nitrogens with zero attached hydrogens (tertiary/aromatic N) is 2. The molecule has 1 unspecified atom stereocenters. The van der Waals surface area contributed by atoms with Gasteiger partial charge >= 0.3 is 0 Å². The molecule has 9 nitrogen and oxygen atoms in total. The maximum atomic E-state index is 13.4. The Kier molecular flexibility index (Phi) is 8.70. The number of piperidine rings is 2. The first-order valence-electron chi connectivity index (χ1n) is 15.2. The molecule has 42 heavy (non-hydrogen) atoms. The topological polar surface area (TPSA) is 94.6 Å². The molecule has 11 heteroatoms. The minimum atomic E-state index is -3.13. The fraction of sp³-hybridized carbons (Fsp3) is 0.613. The summed E-state index contributed by atoms with van der Waals surface area (Å²) >= 11 is 0. The Labute approximate surface area is 252 Å². The molecule has 0 spiro atoms. The maximum Gasteiger partial charge on any atom is 0.231 e. The van der Waals surface area contributed by atoms with Crippen molar-refractivity contribution in [2.75, 3.05) is 38.7 Å². The van der Waals surface area contributed by atoms with Crippen molar-refractivity contribution >= 4 is 20.8 Å². The average Bonchev–Trinajstić information content (AvgIpc) is 3.60. The van der Waals surface area contributed by atoms with E-state index in [-0.39, 0.29) is 30.7 Å². The summed E-state index contributed by atoms with van der Waals surface area (Å²) in [6.07, 6.45) is 4.18. The molecule has 3 atom stereocenters. The Hall–Kier alpha value is -2.02. The van der Waals surface area contributed by atoms with Gasteiger partial charge in [0.25, 0.3) is 0 Å². The number of sulfonamides is 1. The first kappa shape index (κ1) is 30.0. The van der Waals surface area contributed by atoms with Crippen LogP contribution in [-0.2, 0) is 36.1 Å². The smallest absolute Gasteiger partial charge is 0.231 e.